The fraction of sp³-hybridized carbons (Fsp3) is 0.333. The van der Waals surface area contributed by atoms with Crippen molar-refractivity contribution in [2.24, 2.45) is 0 Å². The van der Waals surface area contributed by atoms with Crippen molar-refractivity contribution in [1.82, 2.24) is 9.80 Å². The Hall–Kier alpha value is -3.07. The van der Waals surface area contributed by atoms with Crippen LogP contribution in [0.3, 0.4) is 0 Å². The van der Waals surface area contributed by atoms with Gasteiger partial charge in [-0.3, -0.25) is 14.3 Å². The Morgan fingerprint density at radius 1 is 1.00 bits per heavy atom. The molecule has 0 saturated carbocycles. The highest BCUT2D eigenvalue weighted by atomic mass is 32.2. The molecule has 160 valence electrons. The second-order valence-corrected chi connectivity index (χ2v) is 8.54. The SMILES string of the molecule is CCC(=O)N1CCN(C(=O)c2cccc(S(=O)(=O)Nc3ccccc3OC)c2)CC1. The van der Waals surface area contributed by atoms with E-state index in [4.69, 9.17) is 4.74 Å². The highest BCUT2D eigenvalue weighted by Gasteiger charge is 2.25. The molecular formula is C21H25N3O5S. The Balaban J connectivity index is 1.75. The number of sulfonamides is 1. The fourth-order valence-corrected chi connectivity index (χ4v) is 4.41. The highest BCUT2D eigenvalue weighted by molar-refractivity contribution is 7.92. The minimum absolute atomic E-state index is 0.0148. The van der Waals surface area contributed by atoms with Crippen molar-refractivity contribution in [2.45, 2.75) is 18.2 Å². The van der Waals surface area contributed by atoms with E-state index in [1.807, 2.05) is 6.92 Å². The van der Waals surface area contributed by atoms with Gasteiger partial charge in [0.25, 0.3) is 15.9 Å². The van der Waals surface area contributed by atoms with Gasteiger partial charge in [0.2, 0.25) is 5.91 Å². The van der Waals surface area contributed by atoms with Crippen LogP contribution in [0.2, 0.25) is 0 Å². The van der Waals surface area contributed by atoms with Crippen LogP contribution in [0, 0.1) is 0 Å². The number of ether oxygens (including phenoxy) is 1. The Morgan fingerprint density at radius 3 is 2.33 bits per heavy atom. The predicted octanol–water partition coefficient (Wildman–Crippen LogP) is 2.19. The third-order valence-corrected chi connectivity index (χ3v) is 6.33. The second kappa shape index (κ2) is 9.17. The maximum atomic E-state index is 12.9. The summed E-state index contributed by atoms with van der Waals surface area (Å²) in [7, 11) is -2.45. The molecule has 1 heterocycles. The van der Waals surface area contributed by atoms with Crippen molar-refractivity contribution in [2.75, 3.05) is 38.0 Å². The van der Waals surface area contributed by atoms with E-state index < -0.39 is 10.0 Å². The Morgan fingerprint density at radius 2 is 1.67 bits per heavy atom. The second-order valence-electron chi connectivity index (χ2n) is 6.86. The summed E-state index contributed by atoms with van der Waals surface area (Å²) in [6.45, 7) is 3.60. The lowest BCUT2D eigenvalue weighted by atomic mass is 10.2. The van der Waals surface area contributed by atoms with Crippen LogP contribution in [0.1, 0.15) is 23.7 Å². The Labute approximate surface area is 176 Å². The predicted molar refractivity (Wildman–Crippen MR) is 113 cm³/mol. The average Bonchev–Trinajstić information content (AvgIpc) is 2.78. The molecule has 2 aromatic carbocycles. The average molecular weight is 432 g/mol. The molecule has 0 aliphatic carbocycles. The van der Waals surface area contributed by atoms with E-state index >= 15 is 0 Å². The number of anilines is 1. The number of para-hydroxylation sites is 2. The summed E-state index contributed by atoms with van der Waals surface area (Å²) in [5.74, 6) is 0.207. The number of benzene rings is 2. The van der Waals surface area contributed by atoms with Crippen LogP contribution in [0.25, 0.3) is 0 Å². The largest absolute Gasteiger partial charge is 0.495 e. The fourth-order valence-electron chi connectivity index (χ4n) is 3.29. The maximum Gasteiger partial charge on any atom is 0.262 e. The zero-order valence-corrected chi connectivity index (χ0v) is 17.8. The van der Waals surface area contributed by atoms with E-state index in [2.05, 4.69) is 4.72 Å². The van der Waals surface area contributed by atoms with Crippen LogP contribution in [-0.4, -0.2) is 63.3 Å². The first-order valence-electron chi connectivity index (χ1n) is 9.68. The van der Waals surface area contributed by atoms with E-state index in [1.54, 1.807) is 46.2 Å². The number of methoxy groups -OCH3 is 1. The molecule has 0 radical (unpaired) electrons. The van der Waals surface area contributed by atoms with Crippen LogP contribution in [-0.2, 0) is 14.8 Å². The van der Waals surface area contributed by atoms with Gasteiger partial charge in [-0.05, 0) is 30.3 Å². The molecule has 0 unspecified atom stereocenters. The van der Waals surface area contributed by atoms with Crippen molar-refractivity contribution in [3.8, 4) is 5.75 Å². The van der Waals surface area contributed by atoms with Crippen molar-refractivity contribution in [3.63, 3.8) is 0 Å². The molecule has 1 aliphatic heterocycles. The third-order valence-electron chi connectivity index (χ3n) is 4.96. The molecule has 9 heteroatoms. The van der Waals surface area contributed by atoms with E-state index in [-0.39, 0.29) is 22.3 Å². The zero-order valence-electron chi connectivity index (χ0n) is 17.0. The van der Waals surface area contributed by atoms with Gasteiger partial charge in [-0.1, -0.05) is 25.1 Å². The lowest BCUT2D eigenvalue weighted by Crippen LogP contribution is -2.50. The van der Waals surface area contributed by atoms with Crippen molar-refractivity contribution in [3.05, 3.63) is 54.1 Å². The first-order valence-corrected chi connectivity index (χ1v) is 11.2. The van der Waals surface area contributed by atoms with Gasteiger partial charge in [-0.25, -0.2) is 8.42 Å². The van der Waals surface area contributed by atoms with Crippen molar-refractivity contribution >= 4 is 27.5 Å². The molecule has 0 aromatic heterocycles. The summed E-state index contributed by atoms with van der Waals surface area (Å²) in [5.41, 5.74) is 0.599. The van der Waals surface area contributed by atoms with Crippen molar-refractivity contribution in [1.29, 1.82) is 0 Å². The summed E-state index contributed by atoms with van der Waals surface area (Å²) in [6, 6.07) is 12.6. The molecule has 1 fully saturated rings. The highest BCUT2D eigenvalue weighted by Crippen LogP contribution is 2.26. The topological polar surface area (TPSA) is 96.0 Å². The summed E-state index contributed by atoms with van der Waals surface area (Å²) >= 11 is 0. The number of hydrogen-bond acceptors (Lipinski definition) is 5. The van der Waals surface area contributed by atoms with Gasteiger partial charge in [0, 0.05) is 38.2 Å². The summed E-state index contributed by atoms with van der Waals surface area (Å²) in [6.07, 6.45) is 0.438. The molecule has 2 aromatic rings. The third kappa shape index (κ3) is 4.73. The smallest absolute Gasteiger partial charge is 0.262 e. The van der Waals surface area contributed by atoms with Crippen LogP contribution < -0.4 is 9.46 Å². The molecule has 1 N–H and O–H groups in total. The lowest BCUT2D eigenvalue weighted by Gasteiger charge is -2.34. The van der Waals surface area contributed by atoms with Crippen LogP contribution in [0.4, 0.5) is 5.69 Å². The monoisotopic (exact) mass is 431 g/mol. The molecule has 0 atom stereocenters. The number of piperazine rings is 1. The van der Waals surface area contributed by atoms with E-state index in [0.717, 1.165) is 0 Å². The number of hydrogen-bond donors (Lipinski definition) is 1. The van der Waals surface area contributed by atoms with Crippen LogP contribution in [0.5, 0.6) is 5.75 Å². The molecule has 2 amide bonds. The molecule has 30 heavy (non-hydrogen) atoms. The summed E-state index contributed by atoms with van der Waals surface area (Å²) in [5, 5.41) is 0. The molecule has 8 nitrogen and oxygen atoms in total. The standard InChI is InChI=1S/C21H25N3O5S/c1-3-20(25)23-11-13-24(14-12-23)21(26)16-7-6-8-17(15-16)30(27,28)22-18-9-4-5-10-19(18)29-2/h4-10,15,22H,3,11-14H2,1-2H3. The van der Waals surface area contributed by atoms with Gasteiger partial charge >= 0.3 is 0 Å². The number of amides is 2. The Kier molecular flexibility index (Phi) is 6.61. The van der Waals surface area contributed by atoms with E-state index in [9.17, 15) is 18.0 Å². The molecular weight excluding hydrogens is 406 g/mol. The maximum absolute atomic E-state index is 12.9. The number of rotatable bonds is 6. The Bertz CT molecular complexity index is 1030. The first kappa shape index (κ1) is 21.6. The minimum atomic E-state index is -3.91. The lowest BCUT2D eigenvalue weighted by molar-refractivity contribution is -0.132. The van der Waals surface area contributed by atoms with Gasteiger partial charge in [-0.15, -0.1) is 0 Å². The van der Waals surface area contributed by atoms with Crippen LogP contribution in [0.15, 0.2) is 53.4 Å². The van der Waals surface area contributed by atoms with E-state index in [1.165, 1.54) is 19.2 Å². The first-order chi connectivity index (χ1) is 14.4. The van der Waals surface area contributed by atoms with Gasteiger partial charge in [0.15, 0.2) is 0 Å². The van der Waals surface area contributed by atoms with Crippen molar-refractivity contribution < 1.29 is 22.7 Å². The van der Waals surface area contributed by atoms with Gasteiger partial charge in [-0.2, -0.15) is 0 Å². The van der Waals surface area contributed by atoms with Gasteiger partial charge in [0.05, 0.1) is 17.7 Å². The summed E-state index contributed by atoms with van der Waals surface area (Å²) < 4.78 is 33.4. The van der Waals surface area contributed by atoms with Crippen LogP contribution >= 0.6 is 0 Å². The molecule has 0 spiro atoms. The number of carbonyl (C=O) groups is 2. The molecule has 1 saturated heterocycles. The molecule has 1 aliphatic rings. The minimum Gasteiger partial charge on any atom is -0.495 e. The summed E-state index contributed by atoms with van der Waals surface area (Å²) in [4.78, 5) is 28.0. The number of carbonyl (C=O) groups excluding carboxylic acids is 2. The number of nitrogens with zero attached hydrogens (tertiary/aromatic N) is 2. The van der Waals surface area contributed by atoms with E-state index in [0.29, 0.717) is 44.0 Å². The molecule has 0 bridgehead atoms. The van der Waals surface area contributed by atoms with Gasteiger partial charge in [0.1, 0.15) is 5.75 Å². The quantitative estimate of drug-likeness (QED) is 0.756. The number of nitrogens with one attached hydrogen (secondary N) is 1. The van der Waals surface area contributed by atoms with Gasteiger partial charge < -0.3 is 14.5 Å². The zero-order chi connectivity index (χ0) is 21.7. The molecule has 3 rings (SSSR count). The normalized spacial score (nSPS) is 14.3.